The minimum Gasteiger partial charge on any atom is -0.452 e. The molecular formula is C23H27FN6O2. The molecule has 3 rings (SSSR count). The van der Waals surface area contributed by atoms with Crippen molar-refractivity contribution < 1.29 is 13.9 Å². The number of benzene rings is 1. The Bertz CT molecular complexity index is 993. The summed E-state index contributed by atoms with van der Waals surface area (Å²) in [7, 11) is 1.30. The van der Waals surface area contributed by atoms with Crippen molar-refractivity contribution in [1.29, 1.82) is 0 Å². The molecule has 0 aliphatic carbocycles. The number of rotatable bonds is 9. The van der Waals surface area contributed by atoms with E-state index in [1.807, 2.05) is 18.2 Å². The largest absolute Gasteiger partial charge is 0.452 e. The highest BCUT2D eigenvalue weighted by Crippen LogP contribution is 2.27. The molecule has 0 bridgehead atoms. The maximum atomic E-state index is 13.4. The topological polar surface area (TPSA) is 109 Å². The molecule has 1 atom stereocenters. The van der Waals surface area contributed by atoms with Gasteiger partial charge in [-0.25, -0.2) is 19.1 Å². The number of hydrogen-bond acceptors (Lipinski definition) is 5. The fraction of sp³-hybridized carbons (Fsp3) is 0.304. The number of aliphatic imine (C=N–C) groups is 1. The van der Waals surface area contributed by atoms with Gasteiger partial charge >= 0.3 is 6.09 Å². The Morgan fingerprint density at radius 2 is 2.09 bits per heavy atom. The molecule has 3 N–H and O–H groups in total. The van der Waals surface area contributed by atoms with Crippen LogP contribution in [0.3, 0.4) is 0 Å². The predicted octanol–water partition coefficient (Wildman–Crippen LogP) is 3.48. The molecule has 0 saturated carbocycles. The first-order valence-electron chi connectivity index (χ1n) is 10.4. The number of carbonyl (C=O) groups is 1. The van der Waals surface area contributed by atoms with Gasteiger partial charge in [0.25, 0.3) is 0 Å². The number of H-pyrrole nitrogens is 1. The summed E-state index contributed by atoms with van der Waals surface area (Å²) in [5, 5.41) is 0. The first kappa shape index (κ1) is 22.9. The first-order chi connectivity index (χ1) is 15.6. The van der Waals surface area contributed by atoms with Crippen LogP contribution >= 0.6 is 0 Å². The average Bonchev–Trinajstić information content (AvgIpc) is 3.34. The molecule has 2 heterocycles. The summed E-state index contributed by atoms with van der Waals surface area (Å²) in [6.07, 6.45) is 6.55. The van der Waals surface area contributed by atoms with Gasteiger partial charge in [0.1, 0.15) is 5.82 Å². The van der Waals surface area contributed by atoms with Crippen LogP contribution in [-0.4, -0.2) is 52.1 Å². The van der Waals surface area contributed by atoms with Crippen LogP contribution in [0.25, 0.3) is 0 Å². The van der Waals surface area contributed by atoms with Crippen LogP contribution in [0, 0.1) is 5.82 Å². The SMILES string of the molecule is COC(=O)N(CCC(c1ccc(F)cc1)c1ccccn1)C(N)=NCCCc1cnc[nH]1. The molecule has 1 amide bonds. The van der Waals surface area contributed by atoms with Crippen molar-refractivity contribution in [3.63, 3.8) is 0 Å². The van der Waals surface area contributed by atoms with E-state index in [4.69, 9.17) is 10.5 Å². The quantitative estimate of drug-likeness (QED) is 0.302. The van der Waals surface area contributed by atoms with Gasteiger partial charge in [-0.1, -0.05) is 18.2 Å². The van der Waals surface area contributed by atoms with Crippen molar-refractivity contribution in [2.24, 2.45) is 10.7 Å². The fourth-order valence-corrected chi connectivity index (χ4v) is 3.40. The number of methoxy groups -OCH3 is 1. The lowest BCUT2D eigenvalue weighted by Crippen LogP contribution is -2.43. The van der Waals surface area contributed by atoms with Gasteiger partial charge in [-0.3, -0.25) is 9.98 Å². The highest BCUT2D eigenvalue weighted by Gasteiger charge is 2.22. The minimum atomic E-state index is -0.585. The van der Waals surface area contributed by atoms with Gasteiger partial charge < -0.3 is 15.5 Å². The van der Waals surface area contributed by atoms with E-state index in [1.165, 1.54) is 24.1 Å². The zero-order chi connectivity index (χ0) is 22.8. The molecule has 3 aromatic rings. The van der Waals surface area contributed by atoms with Crippen LogP contribution in [0.4, 0.5) is 9.18 Å². The molecule has 1 unspecified atom stereocenters. The lowest BCUT2D eigenvalue weighted by atomic mass is 9.92. The van der Waals surface area contributed by atoms with Crippen molar-refractivity contribution in [2.45, 2.75) is 25.2 Å². The highest BCUT2D eigenvalue weighted by molar-refractivity contribution is 5.93. The number of imidazole rings is 1. The van der Waals surface area contributed by atoms with E-state index in [-0.39, 0.29) is 24.2 Å². The standard InChI is InChI=1S/C23H27FN6O2/c1-32-23(31)30(22(25)28-13-4-5-19-15-26-16-29-19)14-11-20(21-6-2-3-12-27-21)17-7-9-18(24)10-8-17/h2-3,6-10,12,15-16,20H,4-5,11,13-14H2,1H3,(H2,25,28)(H,26,29). The van der Waals surface area contributed by atoms with Crippen molar-refractivity contribution >= 4 is 12.1 Å². The number of aryl methyl sites for hydroxylation is 1. The number of guanidine groups is 1. The highest BCUT2D eigenvalue weighted by atomic mass is 19.1. The van der Waals surface area contributed by atoms with E-state index in [0.717, 1.165) is 29.8 Å². The second-order valence-corrected chi connectivity index (χ2v) is 7.19. The lowest BCUT2D eigenvalue weighted by Gasteiger charge is -2.24. The van der Waals surface area contributed by atoms with E-state index in [1.54, 1.807) is 30.9 Å². The summed E-state index contributed by atoms with van der Waals surface area (Å²) in [5.41, 5.74) is 8.85. The van der Waals surface area contributed by atoms with Gasteiger partial charge in [-0.15, -0.1) is 0 Å². The number of nitrogens with one attached hydrogen (secondary N) is 1. The van der Waals surface area contributed by atoms with E-state index in [9.17, 15) is 9.18 Å². The molecule has 1 aromatic carbocycles. The molecule has 0 saturated heterocycles. The van der Waals surface area contributed by atoms with E-state index in [0.29, 0.717) is 13.0 Å². The number of hydrogen-bond donors (Lipinski definition) is 2. The Balaban J connectivity index is 1.70. The molecule has 0 aliphatic rings. The van der Waals surface area contributed by atoms with Gasteiger partial charge in [0.2, 0.25) is 5.96 Å². The Labute approximate surface area is 186 Å². The Hall–Kier alpha value is -3.75. The summed E-state index contributed by atoms with van der Waals surface area (Å²) < 4.78 is 18.3. The summed E-state index contributed by atoms with van der Waals surface area (Å²) in [6, 6.07) is 11.9. The third kappa shape index (κ3) is 6.37. The summed E-state index contributed by atoms with van der Waals surface area (Å²) in [4.78, 5) is 29.5. The molecule has 2 aromatic heterocycles. The van der Waals surface area contributed by atoms with Gasteiger partial charge in [-0.05, 0) is 49.1 Å². The van der Waals surface area contributed by atoms with Crippen LogP contribution in [0.5, 0.6) is 0 Å². The molecule has 0 fully saturated rings. The fourth-order valence-electron chi connectivity index (χ4n) is 3.40. The third-order valence-electron chi connectivity index (χ3n) is 5.06. The number of carbonyl (C=O) groups excluding carboxylic acids is 1. The Morgan fingerprint density at radius 1 is 1.28 bits per heavy atom. The summed E-state index contributed by atoms with van der Waals surface area (Å²) >= 11 is 0. The zero-order valence-electron chi connectivity index (χ0n) is 17.9. The lowest BCUT2D eigenvalue weighted by molar-refractivity contribution is 0.144. The average molecular weight is 439 g/mol. The number of amides is 1. The molecule has 0 spiro atoms. The van der Waals surface area contributed by atoms with Gasteiger partial charge in [-0.2, -0.15) is 0 Å². The monoisotopic (exact) mass is 438 g/mol. The second kappa shape index (κ2) is 11.6. The predicted molar refractivity (Wildman–Crippen MR) is 120 cm³/mol. The summed E-state index contributed by atoms with van der Waals surface area (Å²) in [6.45, 7) is 0.723. The van der Waals surface area contributed by atoms with Gasteiger partial charge in [0, 0.05) is 42.8 Å². The first-order valence-corrected chi connectivity index (χ1v) is 10.4. The third-order valence-corrected chi connectivity index (χ3v) is 5.06. The Kier molecular flexibility index (Phi) is 8.30. The number of ether oxygens (including phenoxy) is 1. The zero-order valence-corrected chi connectivity index (χ0v) is 17.9. The van der Waals surface area contributed by atoms with Crippen LogP contribution in [0.15, 0.2) is 66.2 Å². The number of aromatic amines is 1. The molecule has 0 radical (unpaired) electrons. The number of nitrogens with two attached hydrogens (primary N) is 1. The van der Waals surface area contributed by atoms with Crippen molar-refractivity contribution in [1.82, 2.24) is 19.9 Å². The smallest absolute Gasteiger partial charge is 0.416 e. The maximum absolute atomic E-state index is 13.4. The van der Waals surface area contributed by atoms with Gasteiger partial charge in [0.15, 0.2) is 0 Å². The van der Waals surface area contributed by atoms with E-state index < -0.39 is 6.09 Å². The molecule has 32 heavy (non-hydrogen) atoms. The summed E-state index contributed by atoms with van der Waals surface area (Å²) in [5.74, 6) is -0.367. The number of pyridine rings is 1. The second-order valence-electron chi connectivity index (χ2n) is 7.19. The van der Waals surface area contributed by atoms with Crippen LogP contribution < -0.4 is 5.73 Å². The van der Waals surface area contributed by atoms with Crippen LogP contribution in [-0.2, 0) is 11.2 Å². The maximum Gasteiger partial charge on any atom is 0.416 e. The normalized spacial score (nSPS) is 12.4. The van der Waals surface area contributed by atoms with Crippen molar-refractivity contribution in [3.8, 4) is 0 Å². The molecular weight excluding hydrogens is 411 g/mol. The van der Waals surface area contributed by atoms with E-state index >= 15 is 0 Å². The van der Waals surface area contributed by atoms with E-state index in [2.05, 4.69) is 19.9 Å². The van der Waals surface area contributed by atoms with Crippen molar-refractivity contribution in [3.05, 3.63) is 84.0 Å². The van der Waals surface area contributed by atoms with Crippen molar-refractivity contribution in [2.75, 3.05) is 20.2 Å². The minimum absolute atomic E-state index is 0.0975. The molecule has 8 nitrogen and oxygen atoms in total. The molecule has 0 aliphatic heterocycles. The number of nitrogens with zero attached hydrogens (tertiary/aromatic N) is 4. The number of halogens is 1. The molecule has 168 valence electrons. The van der Waals surface area contributed by atoms with Gasteiger partial charge in [0.05, 0.1) is 13.4 Å². The molecule has 9 heteroatoms. The number of aromatic nitrogens is 3. The van der Waals surface area contributed by atoms with Crippen LogP contribution in [0.2, 0.25) is 0 Å². The van der Waals surface area contributed by atoms with Crippen LogP contribution in [0.1, 0.15) is 35.7 Å². The Morgan fingerprint density at radius 3 is 2.75 bits per heavy atom.